The number of phenolic OH excluding ortho intramolecular Hbond substituents is 1. The van der Waals surface area contributed by atoms with Crippen molar-refractivity contribution in [2.75, 3.05) is 0 Å². The van der Waals surface area contributed by atoms with Crippen molar-refractivity contribution < 1.29 is 45.6 Å². The minimum absolute atomic E-state index is 0. The van der Waals surface area contributed by atoms with Gasteiger partial charge in [-0.1, -0.05) is 215 Å². The molecule has 0 saturated heterocycles. The molecule has 0 bridgehead atoms. The summed E-state index contributed by atoms with van der Waals surface area (Å²) in [7, 11) is -9.59. The van der Waals surface area contributed by atoms with E-state index in [0.717, 1.165) is 38.5 Å². The Morgan fingerprint density at radius 1 is 0.462 bits per heavy atom. The number of rotatable bonds is 32. The number of unbranched alkanes of at least 4 members (excludes halogenated alkanes) is 22. The summed E-state index contributed by atoms with van der Waals surface area (Å²) in [6.45, 7) is 4.47. The van der Waals surface area contributed by atoms with Crippen LogP contribution in [-0.2, 0) is 33.1 Å². The van der Waals surface area contributed by atoms with Gasteiger partial charge in [-0.05, 0) is 67.6 Å². The average Bonchev–Trinajstić information content (AvgIpc) is 3.26. The Kier molecular flexibility index (Phi) is 30.1. The summed E-state index contributed by atoms with van der Waals surface area (Å²) in [5, 5.41) is 23.2. The van der Waals surface area contributed by atoms with Gasteiger partial charge in [-0.3, -0.25) is 4.55 Å². The summed E-state index contributed by atoms with van der Waals surface area (Å²) < 4.78 is 79.8. The van der Waals surface area contributed by atoms with Crippen LogP contribution in [0.4, 0.5) is 0 Å². The van der Waals surface area contributed by atoms with Crippen LogP contribution in [0, 0.1) is 0 Å². The topological polar surface area (TPSA) is 173 Å². The van der Waals surface area contributed by atoms with Crippen molar-refractivity contribution in [3.05, 3.63) is 96.1 Å². The Hall–Kier alpha value is -2.84. The van der Waals surface area contributed by atoms with Gasteiger partial charge in [0.15, 0.2) is 10.6 Å². The molecule has 0 amide bonds. The molecule has 4 aromatic carbocycles. The van der Waals surface area contributed by atoms with Crippen LogP contribution >= 0.6 is 0 Å². The van der Waals surface area contributed by atoms with Crippen LogP contribution in [0.2, 0.25) is 0 Å². The zero-order valence-electron chi connectivity index (χ0n) is 39.2. The zero-order chi connectivity index (χ0) is 46.5. The largest absolute Gasteiger partial charge is 2.00 e. The van der Waals surface area contributed by atoms with E-state index >= 15 is 0 Å². The second kappa shape index (κ2) is 33.6. The van der Waals surface area contributed by atoms with E-state index in [1.165, 1.54) is 128 Å². The molecule has 0 aliphatic heterocycles. The van der Waals surface area contributed by atoms with E-state index in [2.05, 4.69) is 13.8 Å². The summed E-state index contributed by atoms with van der Waals surface area (Å²) in [5.74, 6) is -0.680. The quantitative estimate of drug-likeness (QED) is 0.0272. The van der Waals surface area contributed by atoms with E-state index in [4.69, 9.17) is 9.47 Å². The van der Waals surface area contributed by atoms with Crippen molar-refractivity contribution in [2.24, 2.45) is 0 Å². The molecule has 0 fully saturated rings. The number of para-hydroxylation sites is 2. The average molecular weight is 963 g/mol. The van der Waals surface area contributed by atoms with Crippen LogP contribution in [0.3, 0.4) is 0 Å². The Labute approximate surface area is 421 Å². The van der Waals surface area contributed by atoms with Crippen LogP contribution < -0.4 is 14.6 Å². The van der Waals surface area contributed by atoms with Gasteiger partial charge in [-0.25, -0.2) is 8.42 Å². The fourth-order valence-corrected chi connectivity index (χ4v) is 9.22. The molecule has 0 spiro atoms. The summed E-state index contributed by atoms with van der Waals surface area (Å²) in [5.41, 5.74) is 0.858. The van der Waals surface area contributed by atoms with E-state index in [-0.39, 0.29) is 49.2 Å². The summed E-state index contributed by atoms with van der Waals surface area (Å²) in [4.78, 5) is -1.37. The number of phenols is 1. The number of benzene rings is 4. The van der Waals surface area contributed by atoms with Crippen molar-refractivity contribution in [1.82, 2.24) is 0 Å². The Morgan fingerprint density at radius 2 is 0.785 bits per heavy atom. The van der Waals surface area contributed by atoms with Gasteiger partial charge in [0.1, 0.15) is 33.1 Å². The molecule has 13 heteroatoms. The predicted octanol–water partition coefficient (Wildman–Crippen LogP) is 14.0. The van der Waals surface area contributed by atoms with Crippen molar-refractivity contribution in [3.8, 4) is 34.5 Å². The maximum atomic E-state index is 12.7. The number of hydrogen-bond acceptors (Lipinski definition) is 9. The van der Waals surface area contributed by atoms with Crippen LogP contribution in [0.25, 0.3) is 0 Å². The van der Waals surface area contributed by atoms with Gasteiger partial charge in [-0.2, -0.15) is 8.42 Å². The van der Waals surface area contributed by atoms with Gasteiger partial charge in [0.05, 0.1) is 4.90 Å². The monoisotopic (exact) mass is 962 g/mol. The molecule has 0 aromatic heterocycles. The summed E-state index contributed by atoms with van der Waals surface area (Å²) in [6.07, 6.45) is 30.4. The Bertz CT molecular complexity index is 1950. The summed E-state index contributed by atoms with van der Waals surface area (Å²) >= 11 is 0. The molecule has 356 valence electrons. The van der Waals surface area contributed by atoms with Crippen LogP contribution in [-0.4, -0.2) is 68.8 Å². The fraction of sp³-hybridized carbons (Fsp3) is 0.538. The zero-order valence-corrected chi connectivity index (χ0v) is 43.0. The number of aryl methyl sites for hydroxylation is 2. The molecule has 0 saturated carbocycles. The first-order valence-electron chi connectivity index (χ1n) is 23.9. The number of aromatic hydroxyl groups is 1. The van der Waals surface area contributed by atoms with Gasteiger partial charge in [0, 0.05) is 0 Å². The van der Waals surface area contributed by atoms with Gasteiger partial charge in [0.25, 0.3) is 0 Å². The molecule has 0 atom stereocenters. The normalized spacial score (nSPS) is 11.4. The minimum atomic E-state index is -4.95. The van der Waals surface area contributed by atoms with Crippen LogP contribution in [0.15, 0.2) is 94.7 Å². The molecule has 4 aromatic rings. The van der Waals surface area contributed by atoms with Crippen molar-refractivity contribution in [1.29, 1.82) is 0 Å². The maximum absolute atomic E-state index is 12.7. The molecule has 0 radical (unpaired) electrons. The SMILES string of the molecule is CCCCCCCCCCCCCCc1ccc(Oc2ccccc2)c(S(=O)(=O)O)c1O.CCCCCCCCCCCCCCc1ccc(Oc2ccccc2)c(S(=O)(=O)[O-])c1[O-].[Ca+2]. The molecule has 0 aliphatic rings. The molecule has 0 aliphatic carbocycles. The van der Waals surface area contributed by atoms with Crippen molar-refractivity contribution in [3.63, 3.8) is 0 Å². The predicted molar refractivity (Wildman–Crippen MR) is 260 cm³/mol. The second-order valence-electron chi connectivity index (χ2n) is 16.8. The third kappa shape index (κ3) is 23.6. The summed E-state index contributed by atoms with van der Waals surface area (Å²) in [6, 6.07) is 23.3. The molecule has 10 nitrogen and oxygen atoms in total. The Balaban J connectivity index is 0.000000440. The van der Waals surface area contributed by atoms with Crippen LogP contribution in [0.1, 0.15) is 179 Å². The molecule has 4 rings (SSSR count). The molecule has 65 heavy (non-hydrogen) atoms. The minimum Gasteiger partial charge on any atom is -0.871 e. The molecular weight excluding hydrogens is 889 g/mol. The first-order valence-corrected chi connectivity index (χ1v) is 26.8. The number of ether oxygens (including phenoxy) is 2. The first kappa shape index (κ1) is 58.3. The van der Waals surface area contributed by atoms with Gasteiger partial charge >= 0.3 is 47.9 Å². The molecule has 0 heterocycles. The third-order valence-electron chi connectivity index (χ3n) is 11.4. The van der Waals surface area contributed by atoms with E-state index in [9.17, 15) is 36.2 Å². The third-order valence-corrected chi connectivity index (χ3v) is 13.2. The van der Waals surface area contributed by atoms with E-state index in [0.29, 0.717) is 35.5 Å². The van der Waals surface area contributed by atoms with Gasteiger partial charge < -0.3 is 24.2 Å². The molecule has 0 unspecified atom stereocenters. The standard InChI is InChI=1S/2C26H38O5S.Ca/c2*1-2-3-4-5-6-7-8-9-10-11-12-14-17-22-20-21-24(26(25(22)27)32(28,29)30)31-23-18-15-13-16-19-23;/h2*13,15-16,18-21,27H,2-12,14,17H2,1H3,(H,28,29,30);/q;;+2/p-2. The molecule has 2 N–H and O–H groups in total. The second-order valence-corrected chi connectivity index (χ2v) is 19.5. The van der Waals surface area contributed by atoms with Gasteiger partial charge in [0.2, 0.25) is 0 Å². The smallest absolute Gasteiger partial charge is 0.871 e. The van der Waals surface area contributed by atoms with Crippen molar-refractivity contribution in [2.45, 2.75) is 191 Å². The van der Waals surface area contributed by atoms with Gasteiger partial charge in [-0.15, -0.1) is 0 Å². The maximum Gasteiger partial charge on any atom is 2.00 e. The first-order chi connectivity index (χ1) is 30.9. The van der Waals surface area contributed by atoms with Crippen LogP contribution in [0.5, 0.6) is 34.5 Å². The molecular formula is C52H74CaO10S2. The van der Waals surface area contributed by atoms with E-state index in [1.807, 2.05) is 6.07 Å². The van der Waals surface area contributed by atoms with E-state index < -0.39 is 41.5 Å². The number of hydrogen-bond donors (Lipinski definition) is 2. The van der Waals surface area contributed by atoms with Crippen molar-refractivity contribution >= 4 is 58.0 Å². The van der Waals surface area contributed by atoms with E-state index in [1.54, 1.807) is 66.7 Å². The Morgan fingerprint density at radius 3 is 1.14 bits per heavy atom. The fourth-order valence-electron chi connectivity index (χ4n) is 7.77.